The molecule has 0 aliphatic heterocycles. The van der Waals surface area contributed by atoms with E-state index in [1.54, 1.807) is 0 Å². The first-order chi connectivity index (χ1) is 7.41. The minimum absolute atomic E-state index is 0.127. The van der Waals surface area contributed by atoms with Gasteiger partial charge in [-0.25, -0.2) is 0 Å². The van der Waals surface area contributed by atoms with E-state index in [2.05, 4.69) is 25.8 Å². The molecule has 0 saturated carbocycles. The van der Waals surface area contributed by atoms with Gasteiger partial charge in [-0.1, -0.05) is 32.9 Å². The molecular weight excluding hydrogens is 200 g/mol. The van der Waals surface area contributed by atoms with Gasteiger partial charge in [-0.15, -0.1) is 0 Å². The highest BCUT2D eigenvalue weighted by Crippen LogP contribution is 2.21. The summed E-state index contributed by atoms with van der Waals surface area (Å²) in [6, 6.07) is 7.57. The highest BCUT2D eigenvalue weighted by atomic mass is 16.1. The monoisotopic (exact) mass is 216 g/mol. The van der Waals surface area contributed by atoms with Gasteiger partial charge >= 0.3 is 0 Å². The van der Waals surface area contributed by atoms with Crippen LogP contribution in [0.2, 0.25) is 0 Å². The minimum Gasteiger partial charge on any atom is -0.332 e. The van der Waals surface area contributed by atoms with Crippen molar-refractivity contribution in [2.75, 3.05) is 0 Å². The summed E-state index contributed by atoms with van der Waals surface area (Å²) >= 11 is 0. The van der Waals surface area contributed by atoms with Crippen molar-refractivity contribution in [3.05, 3.63) is 40.4 Å². The lowest BCUT2D eigenvalue weighted by molar-refractivity contribution is 0.515. The first-order valence-electron chi connectivity index (χ1n) is 5.37. The molecule has 1 heterocycles. The molecule has 84 valence electrons. The predicted molar refractivity (Wildman–Crippen MR) is 65.7 cm³/mol. The standard InChI is InChI=1S/C13H16N2O/c1-13(2,3)12-14-11(16)9-7-5-6-8-10(9)15(12)4/h5-8H,1-4H3. The molecular formula is C13H16N2O. The van der Waals surface area contributed by atoms with Gasteiger partial charge in [0.05, 0.1) is 10.9 Å². The van der Waals surface area contributed by atoms with E-state index >= 15 is 0 Å². The van der Waals surface area contributed by atoms with Gasteiger partial charge in [0.2, 0.25) is 0 Å². The molecule has 2 rings (SSSR count). The van der Waals surface area contributed by atoms with Crippen LogP contribution >= 0.6 is 0 Å². The quantitative estimate of drug-likeness (QED) is 0.677. The average Bonchev–Trinajstić information content (AvgIpc) is 2.22. The normalized spacial score (nSPS) is 12.0. The smallest absolute Gasteiger partial charge is 0.280 e. The number of fused-ring (bicyclic) bond motifs is 1. The lowest BCUT2D eigenvalue weighted by Gasteiger charge is -2.22. The lowest BCUT2D eigenvalue weighted by Crippen LogP contribution is -2.26. The number of benzene rings is 1. The largest absolute Gasteiger partial charge is 0.332 e. The number of rotatable bonds is 0. The molecule has 3 nitrogen and oxygen atoms in total. The molecule has 0 saturated heterocycles. The average molecular weight is 216 g/mol. The second-order valence-corrected chi connectivity index (χ2v) is 5.07. The van der Waals surface area contributed by atoms with Crippen LogP contribution in [0.25, 0.3) is 10.9 Å². The van der Waals surface area contributed by atoms with Crippen LogP contribution in [0.15, 0.2) is 29.1 Å². The Morgan fingerprint density at radius 3 is 2.44 bits per heavy atom. The SMILES string of the molecule is Cn1c(C(C)(C)C)nc(=O)c2ccccc21. The van der Waals surface area contributed by atoms with Crippen molar-refractivity contribution in [3.8, 4) is 0 Å². The third kappa shape index (κ3) is 1.62. The molecule has 0 fully saturated rings. The van der Waals surface area contributed by atoms with Gasteiger partial charge in [0.15, 0.2) is 0 Å². The van der Waals surface area contributed by atoms with Crippen LogP contribution in [0.3, 0.4) is 0 Å². The third-order valence-electron chi connectivity index (χ3n) is 2.69. The van der Waals surface area contributed by atoms with Crippen LogP contribution in [0.1, 0.15) is 26.6 Å². The van der Waals surface area contributed by atoms with Crippen molar-refractivity contribution in [1.29, 1.82) is 0 Å². The first kappa shape index (κ1) is 10.9. The molecule has 0 unspecified atom stereocenters. The fraction of sp³-hybridized carbons (Fsp3) is 0.385. The first-order valence-corrected chi connectivity index (χ1v) is 5.37. The second kappa shape index (κ2) is 3.44. The highest BCUT2D eigenvalue weighted by Gasteiger charge is 2.20. The molecule has 0 aliphatic carbocycles. The molecule has 0 spiro atoms. The third-order valence-corrected chi connectivity index (χ3v) is 2.69. The Morgan fingerprint density at radius 1 is 1.19 bits per heavy atom. The lowest BCUT2D eigenvalue weighted by atomic mass is 9.95. The number of aryl methyl sites for hydroxylation is 1. The molecule has 1 aromatic heterocycles. The van der Waals surface area contributed by atoms with Crippen molar-refractivity contribution in [3.63, 3.8) is 0 Å². The van der Waals surface area contributed by atoms with E-state index in [9.17, 15) is 4.79 Å². The van der Waals surface area contributed by atoms with Gasteiger partial charge in [0, 0.05) is 12.5 Å². The molecule has 3 heteroatoms. The number of para-hydroxylation sites is 1. The van der Waals surface area contributed by atoms with E-state index in [-0.39, 0.29) is 11.0 Å². The Labute approximate surface area is 94.7 Å². The Kier molecular flexibility index (Phi) is 2.34. The van der Waals surface area contributed by atoms with Crippen LogP contribution in [0.4, 0.5) is 0 Å². The minimum atomic E-state index is -0.140. The van der Waals surface area contributed by atoms with Crippen LogP contribution in [0, 0.1) is 0 Å². The summed E-state index contributed by atoms with van der Waals surface area (Å²) in [5.41, 5.74) is 0.670. The molecule has 0 aliphatic rings. The summed E-state index contributed by atoms with van der Waals surface area (Å²) in [6.45, 7) is 6.18. The Hall–Kier alpha value is -1.64. The van der Waals surface area contributed by atoms with Gasteiger partial charge in [-0.3, -0.25) is 4.79 Å². The molecule has 0 atom stereocenters. The topological polar surface area (TPSA) is 34.9 Å². The van der Waals surface area contributed by atoms with Gasteiger partial charge in [0.1, 0.15) is 5.82 Å². The molecule has 1 aromatic carbocycles. The van der Waals surface area contributed by atoms with Crippen molar-refractivity contribution in [2.45, 2.75) is 26.2 Å². The van der Waals surface area contributed by atoms with Crippen molar-refractivity contribution < 1.29 is 0 Å². The summed E-state index contributed by atoms with van der Waals surface area (Å²) in [5.74, 6) is 0.816. The molecule has 2 aromatic rings. The zero-order valence-electron chi connectivity index (χ0n) is 10.1. The van der Waals surface area contributed by atoms with Crippen LogP contribution in [0.5, 0.6) is 0 Å². The van der Waals surface area contributed by atoms with Crippen LogP contribution < -0.4 is 5.56 Å². The Bertz CT molecular complexity index is 591. The molecule has 16 heavy (non-hydrogen) atoms. The summed E-state index contributed by atoms with van der Waals surface area (Å²) in [5, 5.41) is 0.679. The molecule has 0 N–H and O–H groups in total. The Balaban J connectivity index is 2.92. The zero-order chi connectivity index (χ0) is 11.9. The second-order valence-electron chi connectivity index (χ2n) is 5.07. The number of hydrogen-bond donors (Lipinski definition) is 0. The number of aromatic nitrogens is 2. The maximum atomic E-state index is 11.9. The van der Waals surface area contributed by atoms with E-state index in [0.717, 1.165) is 11.3 Å². The fourth-order valence-electron chi connectivity index (χ4n) is 1.96. The van der Waals surface area contributed by atoms with Crippen molar-refractivity contribution >= 4 is 10.9 Å². The molecule has 0 bridgehead atoms. The van der Waals surface area contributed by atoms with Crippen LogP contribution in [-0.2, 0) is 12.5 Å². The number of hydrogen-bond acceptors (Lipinski definition) is 2. The van der Waals surface area contributed by atoms with E-state index in [0.29, 0.717) is 5.39 Å². The van der Waals surface area contributed by atoms with E-state index in [1.165, 1.54) is 0 Å². The summed E-state index contributed by atoms with van der Waals surface area (Å²) < 4.78 is 2.00. The van der Waals surface area contributed by atoms with E-state index in [4.69, 9.17) is 0 Å². The van der Waals surface area contributed by atoms with E-state index in [1.807, 2.05) is 35.9 Å². The number of nitrogens with zero attached hydrogens (tertiary/aromatic N) is 2. The predicted octanol–water partition coefficient (Wildman–Crippen LogP) is 2.23. The zero-order valence-corrected chi connectivity index (χ0v) is 10.1. The molecule has 0 amide bonds. The maximum Gasteiger partial charge on any atom is 0.280 e. The van der Waals surface area contributed by atoms with Crippen molar-refractivity contribution in [1.82, 2.24) is 9.55 Å². The van der Waals surface area contributed by atoms with Gasteiger partial charge in [-0.05, 0) is 12.1 Å². The molecule has 0 radical (unpaired) electrons. The van der Waals surface area contributed by atoms with Crippen molar-refractivity contribution in [2.24, 2.45) is 7.05 Å². The van der Waals surface area contributed by atoms with Crippen LogP contribution in [-0.4, -0.2) is 9.55 Å². The van der Waals surface area contributed by atoms with E-state index < -0.39 is 0 Å². The highest BCUT2D eigenvalue weighted by molar-refractivity contribution is 5.78. The fourth-order valence-corrected chi connectivity index (χ4v) is 1.96. The van der Waals surface area contributed by atoms with Gasteiger partial charge in [-0.2, -0.15) is 4.98 Å². The van der Waals surface area contributed by atoms with Gasteiger partial charge in [0.25, 0.3) is 5.56 Å². The maximum absolute atomic E-state index is 11.9. The summed E-state index contributed by atoms with van der Waals surface area (Å²) in [4.78, 5) is 16.1. The van der Waals surface area contributed by atoms with Gasteiger partial charge < -0.3 is 4.57 Å². The Morgan fingerprint density at radius 2 is 1.81 bits per heavy atom. The summed E-state index contributed by atoms with van der Waals surface area (Å²) in [6.07, 6.45) is 0. The summed E-state index contributed by atoms with van der Waals surface area (Å²) in [7, 11) is 1.95.